The van der Waals surface area contributed by atoms with Crippen molar-refractivity contribution < 1.29 is 14.0 Å². The number of rotatable bonds is 4. The molecule has 0 saturated carbocycles. The number of urea groups is 1. The fraction of sp³-hybridized carbons (Fsp3) is 0.500. The highest BCUT2D eigenvalue weighted by molar-refractivity contribution is 5.89. The Hall–Kier alpha value is -2.11. The molecule has 1 aromatic rings. The van der Waals surface area contributed by atoms with Crippen LogP contribution in [-0.4, -0.2) is 36.5 Å². The summed E-state index contributed by atoms with van der Waals surface area (Å²) in [5.74, 6) is 0.159. The number of piperidine rings is 1. The highest BCUT2D eigenvalue weighted by Gasteiger charge is 2.22. The largest absolute Gasteiger partial charge is 0.356 e. The lowest BCUT2D eigenvalue weighted by molar-refractivity contribution is -0.119. The van der Waals surface area contributed by atoms with Crippen molar-refractivity contribution in [3.05, 3.63) is 30.1 Å². The van der Waals surface area contributed by atoms with Crippen LogP contribution in [0.15, 0.2) is 24.3 Å². The average molecular weight is 307 g/mol. The number of hydrogen-bond donors (Lipinski definition) is 2. The number of benzene rings is 1. The van der Waals surface area contributed by atoms with Crippen molar-refractivity contribution in [1.82, 2.24) is 10.2 Å². The molecule has 5 nitrogen and oxygen atoms in total. The molecule has 1 aliphatic rings. The van der Waals surface area contributed by atoms with Crippen LogP contribution >= 0.6 is 0 Å². The Kier molecular flexibility index (Phi) is 5.75. The molecule has 6 heteroatoms. The van der Waals surface area contributed by atoms with Crippen LogP contribution in [0.2, 0.25) is 0 Å². The van der Waals surface area contributed by atoms with Crippen molar-refractivity contribution in [3.8, 4) is 0 Å². The van der Waals surface area contributed by atoms with Crippen LogP contribution in [0.1, 0.15) is 26.2 Å². The van der Waals surface area contributed by atoms with Gasteiger partial charge >= 0.3 is 6.03 Å². The molecule has 0 radical (unpaired) electrons. The van der Waals surface area contributed by atoms with Gasteiger partial charge in [-0.3, -0.25) is 4.79 Å². The molecule has 120 valence electrons. The zero-order valence-electron chi connectivity index (χ0n) is 12.8. The summed E-state index contributed by atoms with van der Waals surface area (Å²) >= 11 is 0. The normalized spacial score (nSPS) is 15.5. The highest BCUT2D eigenvalue weighted by atomic mass is 19.1. The van der Waals surface area contributed by atoms with E-state index in [4.69, 9.17) is 0 Å². The molecule has 1 heterocycles. The van der Waals surface area contributed by atoms with E-state index in [2.05, 4.69) is 10.6 Å². The van der Waals surface area contributed by atoms with Gasteiger partial charge in [0, 0.05) is 32.2 Å². The molecule has 1 fully saturated rings. The second-order valence-corrected chi connectivity index (χ2v) is 5.64. The molecule has 22 heavy (non-hydrogen) atoms. The number of nitrogens with one attached hydrogen (secondary N) is 2. The first-order valence-electron chi connectivity index (χ1n) is 7.60. The first kappa shape index (κ1) is 16.3. The van der Waals surface area contributed by atoms with E-state index in [1.54, 1.807) is 17.0 Å². The zero-order valence-corrected chi connectivity index (χ0v) is 12.8. The number of carbonyl (C=O) groups is 2. The maximum Gasteiger partial charge on any atom is 0.321 e. The van der Waals surface area contributed by atoms with Crippen molar-refractivity contribution in [3.63, 3.8) is 0 Å². The van der Waals surface area contributed by atoms with Crippen molar-refractivity contribution in [2.75, 3.05) is 25.0 Å². The van der Waals surface area contributed by atoms with Crippen molar-refractivity contribution in [1.29, 1.82) is 0 Å². The third-order valence-corrected chi connectivity index (χ3v) is 3.90. The van der Waals surface area contributed by atoms with Crippen molar-refractivity contribution in [2.24, 2.45) is 5.92 Å². The maximum atomic E-state index is 13.1. The van der Waals surface area contributed by atoms with Gasteiger partial charge in [0.1, 0.15) is 5.82 Å². The molecule has 2 N–H and O–H groups in total. The van der Waals surface area contributed by atoms with Gasteiger partial charge in [-0.1, -0.05) is 6.07 Å². The Labute approximate surface area is 129 Å². The molecular weight excluding hydrogens is 285 g/mol. The van der Waals surface area contributed by atoms with Gasteiger partial charge in [-0.05, 0) is 43.4 Å². The molecule has 0 aromatic heterocycles. The van der Waals surface area contributed by atoms with E-state index < -0.39 is 0 Å². The van der Waals surface area contributed by atoms with E-state index in [9.17, 15) is 14.0 Å². The fourth-order valence-electron chi connectivity index (χ4n) is 2.65. The topological polar surface area (TPSA) is 61.4 Å². The third kappa shape index (κ3) is 5.02. The van der Waals surface area contributed by atoms with Crippen LogP contribution in [0.5, 0.6) is 0 Å². The predicted octanol–water partition coefficient (Wildman–Crippen LogP) is 2.60. The molecule has 2 rings (SSSR count). The molecular formula is C16H22FN3O2. The Balaban J connectivity index is 1.74. The van der Waals surface area contributed by atoms with Gasteiger partial charge < -0.3 is 15.5 Å². The van der Waals surface area contributed by atoms with Crippen LogP contribution in [0, 0.1) is 11.7 Å². The summed E-state index contributed by atoms with van der Waals surface area (Å²) in [6, 6.07) is 5.69. The first-order chi connectivity index (χ1) is 10.5. The molecule has 0 aliphatic carbocycles. The molecule has 0 spiro atoms. The lowest BCUT2D eigenvalue weighted by Crippen LogP contribution is -2.41. The molecule has 1 aromatic carbocycles. The average Bonchev–Trinajstić information content (AvgIpc) is 2.47. The summed E-state index contributed by atoms with van der Waals surface area (Å²) in [6.45, 7) is 3.58. The second kappa shape index (κ2) is 7.77. The third-order valence-electron chi connectivity index (χ3n) is 3.90. The highest BCUT2D eigenvalue weighted by Crippen LogP contribution is 2.21. The van der Waals surface area contributed by atoms with E-state index in [0.29, 0.717) is 31.2 Å². The van der Waals surface area contributed by atoms with Gasteiger partial charge in [0.25, 0.3) is 0 Å². The number of amides is 3. The van der Waals surface area contributed by atoms with Gasteiger partial charge in [0.05, 0.1) is 0 Å². The zero-order chi connectivity index (χ0) is 15.9. The molecule has 0 atom stereocenters. The number of halogens is 1. The van der Waals surface area contributed by atoms with E-state index in [-0.39, 0.29) is 17.8 Å². The minimum Gasteiger partial charge on any atom is -0.356 e. The smallest absolute Gasteiger partial charge is 0.321 e. The van der Waals surface area contributed by atoms with E-state index in [1.807, 2.05) is 0 Å². The van der Waals surface area contributed by atoms with Crippen LogP contribution in [0.3, 0.4) is 0 Å². The summed E-state index contributed by atoms with van der Waals surface area (Å²) in [7, 11) is 0. The standard InChI is InChI=1S/C16H22FN3O2/c1-12(21)18-8-5-13-6-9-20(10-7-13)16(22)19-15-4-2-3-14(17)11-15/h2-4,11,13H,5-10H2,1H3,(H,18,21)(H,19,22). The lowest BCUT2D eigenvalue weighted by Gasteiger charge is -2.32. The summed E-state index contributed by atoms with van der Waals surface area (Å²) in [6.07, 6.45) is 2.80. The first-order valence-corrected chi connectivity index (χ1v) is 7.60. The number of likely N-dealkylation sites (tertiary alicyclic amines) is 1. The summed E-state index contributed by atoms with van der Waals surface area (Å²) in [5, 5.41) is 5.51. The number of anilines is 1. The minimum atomic E-state index is -0.366. The van der Waals surface area contributed by atoms with Crippen LogP contribution in [0.4, 0.5) is 14.9 Å². The van der Waals surface area contributed by atoms with Crippen LogP contribution in [-0.2, 0) is 4.79 Å². The molecule has 1 saturated heterocycles. The maximum absolute atomic E-state index is 13.1. The molecule has 0 bridgehead atoms. The summed E-state index contributed by atoms with van der Waals surface area (Å²) in [4.78, 5) is 24.7. The number of hydrogen-bond acceptors (Lipinski definition) is 2. The van der Waals surface area contributed by atoms with E-state index in [1.165, 1.54) is 19.1 Å². The summed E-state index contributed by atoms with van der Waals surface area (Å²) < 4.78 is 13.1. The monoisotopic (exact) mass is 307 g/mol. The lowest BCUT2D eigenvalue weighted by atomic mass is 9.94. The fourth-order valence-corrected chi connectivity index (χ4v) is 2.65. The molecule has 0 unspecified atom stereocenters. The Bertz CT molecular complexity index is 528. The van der Waals surface area contributed by atoms with Crippen LogP contribution < -0.4 is 10.6 Å². The van der Waals surface area contributed by atoms with Gasteiger partial charge in [-0.2, -0.15) is 0 Å². The van der Waals surface area contributed by atoms with E-state index >= 15 is 0 Å². The van der Waals surface area contributed by atoms with Gasteiger partial charge in [-0.15, -0.1) is 0 Å². The van der Waals surface area contributed by atoms with Gasteiger partial charge in [0.15, 0.2) is 0 Å². The number of nitrogens with zero attached hydrogens (tertiary/aromatic N) is 1. The SMILES string of the molecule is CC(=O)NCCC1CCN(C(=O)Nc2cccc(F)c2)CC1. The Morgan fingerprint density at radius 3 is 2.68 bits per heavy atom. The molecule has 3 amide bonds. The van der Waals surface area contributed by atoms with Gasteiger partial charge in [0.2, 0.25) is 5.91 Å². The van der Waals surface area contributed by atoms with Gasteiger partial charge in [-0.25, -0.2) is 9.18 Å². The molecule has 1 aliphatic heterocycles. The van der Waals surface area contributed by atoms with Crippen molar-refractivity contribution in [2.45, 2.75) is 26.2 Å². The Morgan fingerprint density at radius 1 is 1.32 bits per heavy atom. The van der Waals surface area contributed by atoms with E-state index in [0.717, 1.165) is 19.3 Å². The quantitative estimate of drug-likeness (QED) is 0.898. The van der Waals surface area contributed by atoms with Crippen molar-refractivity contribution >= 4 is 17.6 Å². The Morgan fingerprint density at radius 2 is 2.05 bits per heavy atom. The minimum absolute atomic E-state index is 0.00749. The summed E-state index contributed by atoms with van der Waals surface area (Å²) in [5.41, 5.74) is 0.470. The predicted molar refractivity (Wildman–Crippen MR) is 83.0 cm³/mol. The second-order valence-electron chi connectivity index (χ2n) is 5.64. The number of carbonyl (C=O) groups excluding carboxylic acids is 2. The van der Waals surface area contributed by atoms with Crippen LogP contribution in [0.25, 0.3) is 0 Å².